The van der Waals surface area contributed by atoms with Gasteiger partial charge in [0.25, 0.3) is 0 Å². The Labute approximate surface area is 304 Å². The lowest BCUT2D eigenvalue weighted by Gasteiger charge is -2.59. The topological polar surface area (TPSA) is 131 Å². The number of nitrogens with two attached hydrogens (primary N) is 1. The van der Waals surface area contributed by atoms with Gasteiger partial charge in [-0.3, -0.25) is 14.4 Å². The van der Waals surface area contributed by atoms with Crippen molar-refractivity contribution in [1.29, 1.82) is 0 Å². The van der Waals surface area contributed by atoms with Crippen molar-refractivity contribution < 1.29 is 48.2 Å². The van der Waals surface area contributed by atoms with Crippen LogP contribution >= 0.6 is 0 Å². The van der Waals surface area contributed by atoms with Gasteiger partial charge in [0.1, 0.15) is 0 Å². The van der Waals surface area contributed by atoms with Gasteiger partial charge in [-0.2, -0.15) is 7.05 Å². The number of carbonyl (C=O) groups excluding carboxylic acids is 4. The van der Waals surface area contributed by atoms with E-state index in [9.17, 15) is 19.2 Å². The van der Waals surface area contributed by atoms with Crippen molar-refractivity contribution in [2.24, 2.45) is 63.6 Å². The van der Waals surface area contributed by atoms with Crippen LogP contribution in [-0.2, 0) is 42.9 Å². The highest BCUT2D eigenvalue weighted by Gasteiger charge is 2.61. The minimum Gasteiger partial charge on any atom is -0.476 e. The maximum absolute atomic E-state index is 14.5. The number of quaternary nitrogens is 1. The van der Waals surface area contributed by atoms with Gasteiger partial charge in [0.15, 0.2) is 12.4 Å². The number of cyclic esters (lactones) is 1. The van der Waals surface area contributed by atoms with Crippen molar-refractivity contribution in [2.75, 3.05) is 19.9 Å². The van der Waals surface area contributed by atoms with Crippen molar-refractivity contribution >= 4 is 23.9 Å². The van der Waals surface area contributed by atoms with Gasteiger partial charge in [-0.15, -0.1) is 0 Å². The van der Waals surface area contributed by atoms with E-state index in [0.29, 0.717) is 54.9 Å². The fourth-order valence-corrected chi connectivity index (χ4v) is 12.9. The van der Waals surface area contributed by atoms with E-state index in [1.165, 1.54) is 38.5 Å². The van der Waals surface area contributed by atoms with E-state index in [0.717, 1.165) is 37.5 Å². The summed E-state index contributed by atoms with van der Waals surface area (Å²) in [6.07, 6.45) is 11.8. The van der Waals surface area contributed by atoms with E-state index >= 15 is 0 Å². The largest absolute Gasteiger partial charge is 0.476 e. The van der Waals surface area contributed by atoms with Crippen LogP contribution < -0.4 is 5.32 Å². The molecule has 0 aromatic heterocycles. The molecule has 1 aliphatic heterocycles. The van der Waals surface area contributed by atoms with Crippen molar-refractivity contribution in [3.05, 3.63) is 7.05 Å². The SMILES string of the molecule is [CH2-][NH2+]CC1(OC(=O)C(C)(C)CC(C)(CC(C)(CC)C(=O)OC2CCOC2=O)C(=O)OCOC2C3CC4CC(C3)CC2C4)C2CC3CC(C2)CC1C3. The summed E-state index contributed by atoms with van der Waals surface area (Å²) in [5.74, 6) is 2.81. The maximum Gasteiger partial charge on any atom is 0.347 e. The molecule has 8 saturated carbocycles. The number of rotatable bonds is 15. The molecule has 9 fully saturated rings. The Morgan fingerprint density at radius 1 is 0.804 bits per heavy atom. The molecule has 0 radical (unpaired) electrons. The van der Waals surface area contributed by atoms with E-state index in [2.05, 4.69) is 7.05 Å². The van der Waals surface area contributed by atoms with Crippen LogP contribution in [0.15, 0.2) is 0 Å². The Morgan fingerprint density at radius 2 is 1.37 bits per heavy atom. The highest BCUT2D eigenvalue weighted by Crippen LogP contribution is 2.60. The molecule has 2 N–H and O–H groups in total. The Kier molecular flexibility index (Phi) is 10.1. The zero-order valence-electron chi connectivity index (χ0n) is 31.8. The van der Waals surface area contributed by atoms with Crippen LogP contribution in [0, 0.1) is 70.6 Å². The van der Waals surface area contributed by atoms with Gasteiger partial charge in [-0.25, -0.2) is 4.79 Å². The van der Waals surface area contributed by atoms with E-state index < -0.39 is 45.9 Å². The predicted molar refractivity (Wildman–Crippen MR) is 186 cm³/mol. The first-order valence-electron chi connectivity index (χ1n) is 20.2. The van der Waals surface area contributed by atoms with Crippen LogP contribution in [-0.4, -0.2) is 61.6 Å². The lowest BCUT2D eigenvalue weighted by Crippen LogP contribution is -2.85. The van der Waals surface area contributed by atoms with Crippen LogP contribution in [0.4, 0.5) is 0 Å². The second-order valence-corrected chi connectivity index (χ2v) is 19.3. The molecule has 1 saturated heterocycles. The molecular weight excluding hydrogens is 650 g/mol. The second-order valence-electron chi connectivity index (χ2n) is 19.3. The molecule has 9 aliphatic rings. The number of carbonyl (C=O) groups is 4. The standard InChI is InChI=1S/C41H63NO9/c1-7-39(4,37(46)50-32-8-9-47-34(32)43)21-40(5,36(45)49-23-48-33-28-12-24-10-25(14-28)15-29(33)13-24)20-38(2,3)35(44)51-41(22-42-6)30-16-26-11-27(18-30)19-31(41)17-26/h24-33H,6-23,42H2,1-5H3. The van der Waals surface area contributed by atoms with Crippen molar-refractivity contribution in [2.45, 2.75) is 142 Å². The first kappa shape index (κ1) is 37.1. The Bertz CT molecular complexity index is 1300. The van der Waals surface area contributed by atoms with Gasteiger partial charge in [-0.1, -0.05) is 6.92 Å². The van der Waals surface area contributed by atoms with E-state index in [4.69, 9.17) is 23.7 Å². The Balaban J connectivity index is 1.09. The fraction of sp³-hybridized carbons (Fsp3) is 0.878. The average Bonchev–Trinajstić information content (AvgIpc) is 3.47. The molecule has 0 aromatic carbocycles. The first-order valence-corrected chi connectivity index (χ1v) is 20.2. The third-order valence-electron chi connectivity index (χ3n) is 14.9. The van der Waals surface area contributed by atoms with Crippen molar-refractivity contribution in [3.8, 4) is 0 Å². The number of hydrogen-bond donors (Lipinski definition) is 1. The van der Waals surface area contributed by atoms with Gasteiger partial charge in [0, 0.05) is 18.3 Å². The molecule has 286 valence electrons. The number of ether oxygens (including phenoxy) is 5. The van der Waals surface area contributed by atoms with E-state index in [1.807, 2.05) is 26.1 Å². The molecule has 10 nitrogen and oxygen atoms in total. The maximum atomic E-state index is 14.5. The van der Waals surface area contributed by atoms with Gasteiger partial charge in [-0.05, 0) is 147 Å². The summed E-state index contributed by atoms with van der Waals surface area (Å²) >= 11 is 0. The third-order valence-corrected chi connectivity index (χ3v) is 14.9. The van der Waals surface area contributed by atoms with Crippen LogP contribution in [0.1, 0.15) is 125 Å². The van der Waals surface area contributed by atoms with Crippen molar-refractivity contribution in [3.63, 3.8) is 0 Å². The molecule has 10 heteroatoms. The normalized spacial score (nSPS) is 40.0. The third kappa shape index (κ3) is 6.99. The molecule has 0 amide bonds. The molecule has 9 rings (SSSR count). The molecule has 0 aromatic rings. The Hall–Kier alpha value is -2.20. The summed E-state index contributed by atoms with van der Waals surface area (Å²) in [7, 11) is 4.07. The summed E-state index contributed by atoms with van der Waals surface area (Å²) in [4.78, 5) is 54.8. The molecule has 8 bridgehead atoms. The predicted octanol–water partition coefficient (Wildman–Crippen LogP) is 5.51. The van der Waals surface area contributed by atoms with Gasteiger partial charge < -0.3 is 29.0 Å². The molecule has 0 spiro atoms. The van der Waals surface area contributed by atoms with Crippen LogP contribution in [0.5, 0.6) is 0 Å². The second kappa shape index (κ2) is 13.9. The molecule has 3 unspecified atom stereocenters. The van der Waals surface area contributed by atoms with Crippen LogP contribution in [0.25, 0.3) is 0 Å². The molecule has 51 heavy (non-hydrogen) atoms. The van der Waals surface area contributed by atoms with Gasteiger partial charge >= 0.3 is 23.9 Å². The summed E-state index contributed by atoms with van der Waals surface area (Å²) in [6.45, 7) is 9.82. The minimum atomic E-state index is -1.27. The highest BCUT2D eigenvalue weighted by atomic mass is 16.7. The molecule has 8 aliphatic carbocycles. The summed E-state index contributed by atoms with van der Waals surface area (Å²) in [5.41, 5.74) is -4.05. The fourth-order valence-electron chi connectivity index (χ4n) is 12.9. The van der Waals surface area contributed by atoms with Gasteiger partial charge in [0.2, 0.25) is 6.10 Å². The smallest absolute Gasteiger partial charge is 0.347 e. The lowest BCUT2D eigenvalue weighted by atomic mass is 9.49. The van der Waals surface area contributed by atoms with Crippen LogP contribution in [0.3, 0.4) is 0 Å². The first-order chi connectivity index (χ1) is 24.2. The molecule has 1 heterocycles. The van der Waals surface area contributed by atoms with Crippen LogP contribution in [0.2, 0.25) is 0 Å². The van der Waals surface area contributed by atoms with E-state index in [-0.39, 0.29) is 38.3 Å². The van der Waals surface area contributed by atoms with E-state index in [1.54, 1.807) is 13.8 Å². The zero-order chi connectivity index (χ0) is 36.3. The van der Waals surface area contributed by atoms with Crippen molar-refractivity contribution in [1.82, 2.24) is 0 Å². The number of hydrogen-bond acceptors (Lipinski definition) is 9. The minimum absolute atomic E-state index is 0.0666. The quantitative estimate of drug-likeness (QED) is 0.101. The Morgan fingerprint density at radius 3 is 1.88 bits per heavy atom. The summed E-state index contributed by atoms with van der Waals surface area (Å²) in [5, 5.41) is 1.91. The highest BCUT2D eigenvalue weighted by molar-refractivity contribution is 5.85. The lowest BCUT2D eigenvalue weighted by molar-refractivity contribution is -0.616. The number of esters is 4. The monoisotopic (exact) mass is 713 g/mol. The summed E-state index contributed by atoms with van der Waals surface area (Å²) in [6, 6.07) is 0. The summed E-state index contributed by atoms with van der Waals surface area (Å²) < 4.78 is 29.8. The average molecular weight is 714 g/mol. The van der Waals surface area contributed by atoms with Gasteiger partial charge in [0.05, 0.1) is 35.5 Å². The molecule has 3 atom stereocenters. The zero-order valence-corrected chi connectivity index (χ0v) is 31.8. The molecular formula is C41H63NO9.